The SMILES string of the molecule is CCC1CCC(CN2CCC(NC(C)C)C2)CC1. The first kappa shape index (κ1) is 14.3. The smallest absolute Gasteiger partial charge is 0.0209 e. The van der Waals surface area contributed by atoms with Gasteiger partial charge >= 0.3 is 0 Å². The van der Waals surface area contributed by atoms with Crippen LogP contribution in [0.25, 0.3) is 0 Å². The molecule has 1 aliphatic heterocycles. The third-order valence-corrected chi connectivity index (χ3v) is 4.90. The van der Waals surface area contributed by atoms with Crippen molar-refractivity contribution in [2.45, 2.75) is 71.4 Å². The highest BCUT2D eigenvalue weighted by Crippen LogP contribution is 2.31. The lowest BCUT2D eigenvalue weighted by molar-refractivity contribution is 0.198. The van der Waals surface area contributed by atoms with E-state index in [-0.39, 0.29) is 0 Å². The van der Waals surface area contributed by atoms with E-state index in [0.717, 1.165) is 17.9 Å². The molecule has 2 fully saturated rings. The zero-order valence-corrected chi connectivity index (χ0v) is 12.6. The van der Waals surface area contributed by atoms with E-state index in [0.29, 0.717) is 6.04 Å². The summed E-state index contributed by atoms with van der Waals surface area (Å²) in [5.74, 6) is 2.03. The fourth-order valence-corrected chi connectivity index (χ4v) is 3.79. The number of likely N-dealkylation sites (tertiary alicyclic amines) is 1. The Morgan fingerprint density at radius 1 is 1.06 bits per heavy atom. The lowest BCUT2D eigenvalue weighted by Gasteiger charge is -2.30. The van der Waals surface area contributed by atoms with E-state index in [4.69, 9.17) is 0 Å². The summed E-state index contributed by atoms with van der Waals surface area (Å²) >= 11 is 0. The summed E-state index contributed by atoms with van der Waals surface area (Å²) in [6, 6.07) is 1.38. The summed E-state index contributed by atoms with van der Waals surface area (Å²) in [6.45, 7) is 10.8. The van der Waals surface area contributed by atoms with E-state index in [1.807, 2.05) is 0 Å². The van der Waals surface area contributed by atoms with Crippen LogP contribution in [0.4, 0.5) is 0 Å². The molecule has 0 bridgehead atoms. The van der Waals surface area contributed by atoms with Gasteiger partial charge < -0.3 is 10.2 Å². The first-order chi connectivity index (χ1) is 8.67. The minimum atomic E-state index is 0.634. The molecule has 2 rings (SSSR count). The van der Waals surface area contributed by atoms with Crippen LogP contribution < -0.4 is 5.32 Å². The molecule has 1 atom stereocenters. The molecule has 0 aromatic rings. The predicted octanol–water partition coefficient (Wildman–Crippen LogP) is 3.28. The lowest BCUT2D eigenvalue weighted by Crippen LogP contribution is -2.38. The highest BCUT2D eigenvalue weighted by atomic mass is 15.2. The highest BCUT2D eigenvalue weighted by Gasteiger charge is 2.27. The summed E-state index contributed by atoms with van der Waals surface area (Å²) in [6.07, 6.45) is 8.69. The second kappa shape index (κ2) is 6.91. The molecule has 2 aliphatic rings. The van der Waals surface area contributed by atoms with E-state index >= 15 is 0 Å². The maximum absolute atomic E-state index is 3.68. The largest absolute Gasteiger partial charge is 0.310 e. The van der Waals surface area contributed by atoms with Gasteiger partial charge in [0.2, 0.25) is 0 Å². The molecule has 1 N–H and O–H groups in total. The van der Waals surface area contributed by atoms with Crippen LogP contribution in [0.1, 0.15) is 59.3 Å². The standard InChI is InChI=1S/C16H32N2/c1-4-14-5-7-15(8-6-14)11-18-10-9-16(12-18)17-13(2)3/h13-17H,4-12H2,1-3H3. The van der Waals surface area contributed by atoms with Crippen molar-refractivity contribution in [1.29, 1.82) is 0 Å². The van der Waals surface area contributed by atoms with Crippen molar-refractivity contribution in [1.82, 2.24) is 10.2 Å². The zero-order chi connectivity index (χ0) is 13.0. The van der Waals surface area contributed by atoms with Gasteiger partial charge in [-0.15, -0.1) is 0 Å². The van der Waals surface area contributed by atoms with Gasteiger partial charge in [0.25, 0.3) is 0 Å². The van der Waals surface area contributed by atoms with Gasteiger partial charge in [0.15, 0.2) is 0 Å². The van der Waals surface area contributed by atoms with Gasteiger partial charge in [-0.1, -0.05) is 40.0 Å². The van der Waals surface area contributed by atoms with Gasteiger partial charge in [0.05, 0.1) is 0 Å². The van der Waals surface area contributed by atoms with Gasteiger partial charge in [0, 0.05) is 25.2 Å². The molecular formula is C16H32N2. The summed E-state index contributed by atoms with van der Waals surface area (Å²) < 4.78 is 0. The van der Waals surface area contributed by atoms with E-state index < -0.39 is 0 Å². The van der Waals surface area contributed by atoms with Crippen molar-refractivity contribution >= 4 is 0 Å². The molecule has 1 saturated heterocycles. The molecule has 1 aliphatic carbocycles. The van der Waals surface area contributed by atoms with Crippen molar-refractivity contribution in [3.63, 3.8) is 0 Å². The van der Waals surface area contributed by atoms with Crippen LogP contribution in [-0.2, 0) is 0 Å². The second-order valence-corrected chi connectivity index (χ2v) is 6.86. The minimum Gasteiger partial charge on any atom is -0.310 e. The van der Waals surface area contributed by atoms with Crippen molar-refractivity contribution in [2.24, 2.45) is 11.8 Å². The van der Waals surface area contributed by atoms with Crippen LogP contribution in [0.5, 0.6) is 0 Å². The lowest BCUT2D eigenvalue weighted by atomic mass is 9.81. The Balaban J connectivity index is 1.66. The van der Waals surface area contributed by atoms with Gasteiger partial charge in [-0.05, 0) is 37.6 Å². The second-order valence-electron chi connectivity index (χ2n) is 6.86. The normalized spacial score (nSPS) is 34.3. The Bertz CT molecular complexity index is 231. The number of nitrogens with zero attached hydrogens (tertiary/aromatic N) is 1. The van der Waals surface area contributed by atoms with E-state index in [1.165, 1.54) is 58.2 Å². The Morgan fingerprint density at radius 3 is 2.33 bits per heavy atom. The van der Waals surface area contributed by atoms with Gasteiger partial charge in [-0.3, -0.25) is 0 Å². The van der Waals surface area contributed by atoms with Crippen LogP contribution in [-0.4, -0.2) is 36.6 Å². The number of rotatable bonds is 5. The third kappa shape index (κ3) is 4.24. The molecular weight excluding hydrogens is 220 g/mol. The molecule has 1 saturated carbocycles. The van der Waals surface area contributed by atoms with Crippen LogP contribution in [0, 0.1) is 11.8 Å². The summed E-state index contributed by atoms with van der Waals surface area (Å²) in [4.78, 5) is 2.71. The maximum atomic E-state index is 3.68. The molecule has 0 spiro atoms. The molecule has 18 heavy (non-hydrogen) atoms. The van der Waals surface area contributed by atoms with Crippen molar-refractivity contribution in [3.8, 4) is 0 Å². The van der Waals surface area contributed by atoms with Crippen LogP contribution >= 0.6 is 0 Å². The van der Waals surface area contributed by atoms with E-state index in [9.17, 15) is 0 Å². The Hall–Kier alpha value is -0.0800. The fraction of sp³-hybridized carbons (Fsp3) is 1.00. The highest BCUT2D eigenvalue weighted by molar-refractivity contribution is 4.84. The zero-order valence-electron chi connectivity index (χ0n) is 12.6. The Morgan fingerprint density at radius 2 is 1.72 bits per heavy atom. The molecule has 0 radical (unpaired) electrons. The van der Waals surface area contributed by atoms with E-state index in [1.54, 1.807) is 0 Å². The van der Waals surface area contributed by atoms with Crippen molar-refractivity contribution in [2.75, 3.05) is 19.6 Å². The quantitative estimate of drug-likeness (QED) is 0.808. The van der Waals surface area contributed by atoms with Crippen molar-refractivity contribution < 1.29 is 0 Å². The molecule has 0 amide bonds. The number of hydrogen-bond donors (Lipinski definition) is 1. The van der Waals surface area contributed by atoms with E-state index in [2.05, 4.69) is 31.0 Å². The Kier molecular flexibility index (Phi) is 5.50. The summed E-state index contributed by atoms with van der Waals surface area (Å²) in [5.41, 5.74) is 0. The summed E-state index contributed by atoms with van der Waals surface area (Å²) in [7, 11) is 0. The molecule has 1 unspecified atom stereocenters. The predicted molar refractivity (Wildman–Crippen MR) is 78.9 cm³/mol. The fourth-order valence-electron chi connectivity index (χ4n) is 3.79. The molecule has 2 heteroatoms. The first-order valence-corrected chi connectivity index (χ1v) is 8.15. The number of hydrogen-bond acceptors (Lipinski definition) is 2. The van der Waals surface area contributed by atoms with Crippen LogP contribution in [0.15, 0.2) is 0 Å². The summed E-state index contributed by atoms with van der Waals surface area (Å²) in [5, 5.41) is 3.68. The van der Waals surface area contributed by atoms with Crippen molar-refractivity contribution in [3.05, 3.63) is 0 Å². The molecule has 0 aromatic carbocycles. The maximum Gasteiger partial charge on any atom is 0.0209 e. The molecule has 0 aromatic heterocycles. The molecule has 106 valence electrons. The molecule has 2 nitrogen and oxygen atoms in total. The topological polar surface area (TPSA) is 15.3 Å². The first-order valence-electron chi connectivity index (χ1n) is 8.15. The average Bonchev–Trinajstić information content (AvgIpc) is 2.76. The number of nitrogens with one attached hydrogen (secondary N) is 1. The van der Waals surface area contributed by atoms with Gasteiger partial charge in [-0.2, -0.15) is 0 Å². The van der Waals surface area contributed by atoms with Gasteiger partial charge in [-0.25, -0.2) is 0 Å². The van der Waals surface area contributed by atoms with Gasteiger partial charge in [0.1, 0.15) is 0 Å². The Labute approximate surface area is 114 Å². The molecule has 1 heterocycles. The monoisotopic (exact) mass is 252 g/mol. The van der Waals surface area contributed by atoms with Crippen LogP contribution in [0.2, 0.25) is 0 Å². The van der Waals surface area contributed by atoms with Crippen LogP contribution in [0.3, 0.4) is 0 Å². The average molecular weight is 252 g/mol. The third-order valence-electron chi connectivity index (χ3n) is 4.90. The minimum absolute atomic E-state index is 0.634.